The van der Waals surface area contributed by atoms with Crippen molar-refractivity contribution in [3.05, 3.63) is 47.0 Å². The number of carbonyl (C=O) groups excluding carboxylic acids is 1. The third kappa shape index (κ3) is 3.77. The molecule has 0 aliphatic carbocycles. The molecule has 1 N–H and O–H groups in total. The lowest BCUT2D eigenvalue weighted by molar-refractivity contribution is -0.118. The minimum absolute atomic E-state index is 0.0952. The summed E-state index contributed by atoms with van der Waals surface area (Å²) in [6.07, 6.45) is 0. The highest BCUT2D eigenvalue weighted by molar-refractivity contribution is 7.22. The predicted octanol–water partition coefficient (Wildman–Crippen LogP) is 4.28. The molecule has 0 spiro atoms. The third-order valence-corrected chi connectivity index (χ3v) is 4.69. The van der Waals surface area contributed by atoms with Crippen LogP contribution in [0.1, 0.15) is 5.56 Å². The number of ether oxygens (including phenoxy) is 2. The van der Waals surface area contributed by atoms with Crippen LogP contribution in [0.3, 0.4) is 0 Å². The smallest absolute Gasteiger partial charge is 0.264 e. The maximum Gasteiger partial charge on any atom is 0.264 e. The number of aromatic nitrogens is 1. The second-order valence-corrected chi connectivity index (χ2v) is 6.54. The molecule has 3 rings (SSSR count). The van der Waals surface area contributed by atoms with E-state index >= 15 is 0 Å². The molecule has 1 aromatic heterocycles. The minimum atomic E-state index is -0.271. The third-order valence-electron chi connectivity index (χ3n) is 3.34. The molecule has 0 bridgehead atoms. The Kier molecular flexibility index (Phi) is 4.87. The molecule has 5 nitrogen and oxygen atoms in total. The summed E-state index contributed by atoms with van der Waals surface area (Å²) in [4.78, 5) is 16.4. The van der Waals surface area contributed by atoms with E-state index in [1.807, 2.05) is 13.0 Å². The summed E-state index contributed by atoms with van der Waals surface area (Å²) in [7, 11) is 1.59. The number of thiazole rings is 1. The van der Waals surface area contributed by atoms with E-state index < -0.39 is 0 Å². The summed E-state index contributed by atoms with van der Waals surface area (Å²) < 4.78 is 11.5. The zero-order valence-corrected chi connectivity index (χ0v) is 14.7. The molecule has 0 saturated carbocycles. The van der Waals surface area contributed by atoms with E-state index in [2.05, 4.69) is 10.3 Å². The van der Waals surface area contributed by atoms with Crippen molar-refractivity contribution in [3.63, 3.8) is 0 Å². The second-order valence-electron chi connectivity index (χ2n) is 5.10. The molecule has 1 heterocycles. The summed E-state index contributed by atoms with van der Waals surface area (Å²) in [6, 6.07) is 10.8. The van der Waals surface area contributed by atoms with Crippen molar-refractivity contribution in [2.75, 3.05) is 19.0 Å². The molecule has 2 aromatic carbocycles. The van der Waals surface area contributed by atoms with Crippen molar-refractivity contribution in [2.24, 2.45) is 0 Å². The molecule has 0 aliphatic heterocycles. The quantitative estimate of drug-likeness (QED) is 0.735. The zero-order chi connectivity index (χ0) is 17.1. The standard InChI is InChI=1S/C17H15ClN2O3S/c1-10-7-15-14(8-13(10)18)19-17(24-15)20-16(21)9-23-12-5-3-11(22-2)4-6-12/h3-8H,9H2,1-2H3,(H,19,20,21). The molecule has 3 aromatic rings. The molecular formula is C17H15ClN2O3S. The van der Waals surface area contributed by atoms with Crippen molar-refractivity contribution in [1.29, 1.82) is 0 Å². The maximum absolute atomic E-state index is 12.0. The van der Waals surface area contributed by atoms with Crippen molar-refractivity contribution in [2.45, 2.75) is 6.92 Å². The number of hydrogen-bond donors (Lipinski definition) is 1. The van der Waals surface area contributed by atoms with Gasteiger partial charge in [-0.15, -0.1) is 0 Å². The maximum atomic E-state index is 12.0. The lowest BCUT2D eigenvalue weighted by Crippen LogP contribution is -2.19. The van der Waals surface area contributed by atoms with Crippen LogP contribution in [0.5, 0.6) is 11.5 Å². The zero-order valence-electron chi connectivity index (χ0n) is 13.1. The number of anilines is 1. The van der Waals surface area contributed by atoms with Gasteiger partial charge < -0.3 is 9.47 Å². The van der Waals surface area contributed by atoms with Crippen LogP contribution >= 0.6 is 22.9 Å². The van der Waals surface area contributed by atoms with Gasteiger partial charge in [-0.1, -0.05) is 22.9 Å². The largest absolute Gasteiger partial charge is 0.497 e. The molecule has 0 unspecified atom stereocenters. The highest BCUT2D eigenvalue weighted by Gasteiger charge is 2.10. The Morgan fingerprint density at radius 2 is 1.96 bits per heavy atom. The van der Waals surface area contributed by atoms with Crippen molar-refractivity contribution in [3.8, 4) is 11.5 Å². The van der Waals surface area contributed by atoms with Crippen molar-refractivity contribution < 1.29 is 14.3 Å². The Bertz CT molecular complexity index is 838. The van der Waals surface area contributed by atoms with Crippen molar-refractivity contribution in [1.82, 2.24) is 4.98 Å². The number of carbonyl (C=O) groups is 1. The summed E-state index contributed by atoms with van der Waals surface area (Å²) in [5, 5.41) is 3.92. The van der Waals surface area contributed by atoms with Crippen LogP contribution in [-0.2, 0) is 4.79 Å². The van der Waals surface area contributed by atoms with E-state index in [1.54, 1.807) is 37.4 Å². The number of nitrogens with one attached hydrogen (secondary N) is 1. The second kappa shape index (κ2) is 7.07. The number of aryl methyl sites for hydroxylation is 1. The highest BCUT2D eigenvalue weighted by atomic mass is 35.5. The average Bonchev–Trinajstić information content (AvgIpc) is 2.94. The molecule has 24 heavy (non-hydrogen) atoms. The fraction of sp³-hybridized carbons (Fsp3) is 0.176. The highest BCUT2D eigenvalue weighted by Crippen LogP contribution is 2.30. The molecule has 0 aliphatic rings. The Hall–Kier alpha value is -2.31. The SMILES string of the molecule is COc1ccc(OCC(=O)Nc2nc3cc(Cl)c(C)cc3s2)cc1. The van der Waals surface area contributed by atoms with Crippen LogP contribution < -0.4 is 14.8 Å². The van der Waals surface area contributed by atoms with Gasteiger partial charge in [-0.3, -0.25) is 10.1 Å². The summed E-state index contributed by atoms with van der Waals surface area (Å²) in [6.45, 7) is 1.84. The number of methoxy groups -OCH3 is 1. The van der Waals surface area contributed by atoms with E-state index in [4.69, 9.17) is 21.1 Å². The van der Waals surface area contributed by atoms with Gasteiger partial charge in [0.1, 0.15) is 11.5 Å². The van der Waals surface area contributed by atoms with E-state index in [9.17, 15) is 4.79 Å². The number of nitrogens with zero attached hydrogens (tertiary/aromatic N) is 1. The van der Waals surface area contributed by atoms with Crippen LogP contribution in [0.25, 0.3) is 10.2 Å². The first-order chi connectivity index (χ1) is 11.5. The Labute approximate surface area is 148 Å². The van der Waals surface area contributed by atoms with E-state index in [-0.39, 0.29) is 12.5 Å². The molecule has 1 amide bonds. The summed E-state index contributed by atoms with van der Waals surface area (Å²) >= 11 is 7.49. The molecule has 0 fully saturated rings. The Morgan fingerprint density at radius 3 is 2.67 bits per heavy atom. The van der Waals surface area contributed by atoms with E-state index in [0.29, 0.717) is 15.9 Å². The fourth-order valence-electron chi connectivity index (χ4n) is 2.08. The predicted molar refractivity (Wildman–Crippen MR) is 96.5 cm³/mol. The number of hydrogen-bond acceptors (Lipinski definition) is 5. The first-order valence-corrected chi connectivity index (χ1v) is 8.38. The number of fused-ring (bicyclic) bond motifs is 1. The minimum Gasteiger partial charge on any atom is -0.497 e. The number of benzene rings is 2. The first-order valence-electron chi connectivity index (χ1n) is 7.18. The van der Waals surface area contributed by atoms with Gasteiger partial charge in [-0.2, -0.15) is 0 Å². The normalized spacial score (nSPS) is 10.6. The van der Waals surface area contributed by atoms with Crippen LogP contribution in [0.4, 0.5) is 5.13 Å². The van der Waals surface area contributed by atoms with Gasteiger partial charge in [-0.05, 0) is 48.9 Å². The summed E-state index contributed by atoms with van der Waals surface area (Å²) in [5.41, 5.74) is 1.75. The average molecular weight is 363 g/mol. The van der Waals surface area contributed by atoms with Gasteiger partial charge in [0.2, 0.25) is 0 Å². The molecule has 7 heteroatoms. The van der Waals surface area contributed by atoms with Gasteiger partial charge in [0.25, 0.3) is 5.91 Å². The number of amides is 1. The lowest BCUT2D eigenvalue weighted by Gasteiger charge is -2.06. The van der Waals surface area contributed by atoms with Crippen LogP contribution in [0.15, 0.2) is 36.4 Å². The fourth-order valence-corrected chi connectivity index (χ4v) is 3.20. The lowest BCUT2D eigenvalue weighted by atomic mass is 10.2. The number of rotatable bonds is 5. The summed E-state index contributed by atoms with van der Waals surface area (Å²) in [5.74, 6) is 1.06. The van der Waals surface area contributed by atoms with Crippen molar-refractivity contribution >= 4 is 44.2 Å². The number of halogens is 1. The van der Waals surface area contributed by atoms with E-state index in [1.165, 1.54) is 11.3 Å². The topological polar surface area (TPSA) is 60.5 Å². The van der Waals surface area contributed by atoms with Gasteiger partial charge in [-0.25, -0.2) is 4.98 Å². The molecule has 0 atom stereocenters. The Morgan fingerprint density at radius 1 is 1.25 bits per heavy atom. The van der Waals surface area contributed by atoms with Gasteiger partial charge >= 0.3 is 0 Å². The van der Waals surface area contributed by atoms with Gasteiger partial charge in [0.15, 0.2) is 11.7 Å². The van der Waals surface area contributed by atoms with Crippen LogP contribution in [0, 0.1) is 6.92 Å². The van der Waals surface area contributed by atoms with Gasteiger partial charge in [0, 0.05) is 5.02 Å². The molecule has 0 radical (unpaired) electrons. The first kappa shape index (κ1) is 16.5. The monoisotopic (exact) mass is 362 g/mol. The van der Waals surface area contributed by atoms with Gasteiger partial charge in [0.05, 0.1) is 17.3 Å². The van der Waals surface area contributed by atoms with Crippen LogP contribution in [0.2, 0.25) is 5.02 Å². The molecular weight excluding hydrogens is 348 g/mol. The van der Waals surface area contributed by atoms with E-state index in [0.717, 1.165) is 21.5 Å². The molecule has 124 valence electrons. The molecule has 0 saturated heterocycles. The van der Waals surface area contributed by atoms with Crippen LogP contribution in [-0.4, -0.2) is 24.6 Å². The Balaban J connectivity index is 1.61.